The minimum atomic E-state index is -0.721. The monoisotopic (exact) mass is 331 g/mol. The zero-order chi connectivity index (χ0) is 16.9. The highest BCUT2D eigenvalue weighted by atomic mass is 19.1. The molecular weight excluding hydrogens is 313 g/mol. The standard InChI is InChI=1S/C17H18FN3O3/c18-15-6-5-13(21-10-1-4-16(21)22)12-14(15)17(23)24-11-3-9-20-8-2-7-19-20/h2,5-8,12H,1,3-4,9-11H2. The van der Waals surface area contributed by atoms with E-state index in [2.05, 4.69) is 5.10 Å². The van der Waals surface area contributed by atoms with Gasteiger partial charge in [-0.3, -0.25) is 9.48 Å². The third-order valence-electron chi connectivity index (χ3n) is 3.88. The number of esters is 1. The molecule has 24 heavy (non-hydrogen) atoms. The first-order valence-electron chi connectivity index (χ1n) is 7.89. The number of halogens is 1. The number of benzene rings is 1. The molecule has 2 aromatic rings. The number of amides is 1. The van der Waals surface area contributed by atoms with Crippen molar-refractivity contribution >= 4 is 17.6 Å². The Morgan fingerprint density at radius 1 is 1.38 bits per heavy atom. The quantitative estimate of drug-likeness (QED) is 0.602. The van der Waals surface area contributed by atoms with E-state index in [0.29, 0.717) is 31.6 Å². The molecule has 0 bridgehead atoms. The summed E-state index contributed by atoms with van der Waals surface area (Å²) in [5.41, 5.74) is 0.383. The second-order valence-corrected chi connectivity index (χ2v) is 5.57. The average molecular weight is 331 g/mol. The van der Waals surface area contributed by atoms with Crippen molar-refractivity contribution < 1.29 is 18.7 Å². The SMILES string of the molecule is O=C(OCCCn1cccn1)c1cc(N2CCCC2=O)ccc1F. The Balaban J connectivity index is 1.60. The van der Waals surface area contributed by atoms with Crippen molar-refractivity contribution in [3.63, 3.8) is 0 Å². The zero-order valence-corrected chi connectivity index (χ0v) is 13.2. The van der Waals surface area contributed by atoms with E-state index in [4.69, 9.17) is 4.74 Å². The van der Waals surface area contributed by atoms with E-state index in [0.717, 1.165) is 6.42 Å². The molecule has 1 saturated heterocycles. The lowest BCUT2D eigenvalue weighted by atomic mass is 10.1. The number of rotatable bonds is 6. The van der Waals surface area contributed by atoms with Gasteiger partial charge in [-0.1, -0.05) is 0 Å². The van der Waals surface area contributed by atoms with Gasteiger partial charge in [-0.2, -0.15) is 5.10 Å². The maximum Gasteiger partial charge on any atom is 0.341 e. The van der Waals surface area contributed by atoms with E-state index in [1.165, 1.54) is 18.2 Å². The lowest BCUT2D eigenvalue weighted by Gasteiger charge is -2.16. The average Bonchev–Trinajstić information content (AvgIpc) is 3.23. The molecule has 3 rings (SSSR count). The van der Waals surface area contributed by atoms with Crippen molar-refractivity contribution in [2.75, 3.05) is 18.1 Å². The first-order valence-corrected chi connectivity index (χ1v) is 7.89. The van der Waals surface area contributed by atoms with Crippen LogP contribution in [-0.2, 0) is 16.1 Å². The summed E-state index contributed by atoms with van der Waals surface area (Å²) < 4.78 is 20.8. The number of carbonyl (C=O) groups excluding carboxylic acids is 2. The summed E-state index contributed by atoms with van der Waals surface area (Å²) in [7, 11) is 0. The van der Waals surface area contributed by atoms with Crippen LogP contribution in [0.25, 0.3) is 0 Å². The molecule has 0 spiro atoms. The molecule has 2 heterocycles. The zero-order valence-electron chi connectivity index (χ0n) is 13.2. The lowest BCUT2D eigenvalue weighted by molar-refractivity contribution is -0.117. The molecule has 0 aliphatic carbocycles. The normalized spacial score (nSPS) is 14.2. The van der Waals surface area contributed by atoms with Gasteiger partial charge in [0, 0.05) is 44.0 Å². The number of anilines is 1. The van der Waals surface area contributed by atoms with Crippen LogP contribution >= 0.6 is 0 Å². The Hall–Kier alpha value is -2.70. The fourth-order valence-electron chi connectivity index (χ4n) is 2.66. The van der Waals surface area contributed by atoms with Crippen molar-refractivity contribution in [3.05, 3.63) is 48.0 Å². The maximum atomic E-state index is 13.9. The third-order valence-corrected chi connectivity index (χ3v) is 3.88. The predicted molar refractivity (Wildman–Crippen MR) is 85.1 cm³/mol. The summed E-state index contributed by atoms with van der Waals surface area (Å²) in [5, 5.41) is 4.05. The number of ether oxygens (including phenoxy) is 1. The number of carbonyl (C=O) groups is 2. The lowest BCUT2D eigenvalue weighted by Crippen LogP contribution is -2.24. The van der Waals surface area contributed by atoms with Crippen molar-refractivity contribution in [3.8, 4) is 0 Å². The van der Waals surface area contributed by atoms with Gasteiger partial charge in [-0.05, 0) is 30.7 Å². The van der Waals surface area contributed by atoms with E-state index in [1.54, 1.807) is 15.8 Å². The molecule has 0 atom stereocenters. The molecule has 1 aromatic carbocycles. The minimum Gasteiger partial charge on any atom is -0.462 e. The molecule has 1 aromatic heterocycles. The Labute approximate surface area is 138 Å². The predicted octanol–water partition coefficient (Wildman–Crippen LogP) is 2.40. The van der Waals surface area contributed by atoms with E-state index in [1.807, 2.05) is 12.3 Å². The van der Waals surface area contributed by atoms with Gasteiger partial charge in [-0.25, -0.2) is 9.18 Å². The molecule has 0 N–H and O–H groups in total. The van der Waals surface area contributed by atoms with Crippen LogP contribution in [0.1, 0.15) is 29.6 Å². The van der Waals surface area contributed by atoms with Gasteiger partial charge < -0.3 is 9.64 Å². The Kier molecular flexibility index (Phi) is 4.88. The molecule has 1 amide bonds. The van der Waals surface area contributed by atoms with Gasteiger partial charge in [-0.15, -0.1) is 0 Å². The van der Waals surface area contributed by atoms with Gasteiger partial charge in [0.2, 0.25) is 5.91 Å². The fraction of sp³-hybridized carbons (Fsp3) is 0.353. The summed E-state index contributed by atoms with van der Waals surface area (Å²) in [4.78, 5) is 25.4. The minimum absolute atomic E-state index is 0.0138. The van der Waals surface area contributed by atoms with Crippen LogP contribution in [0.3, 0.4) is 0 Å². The largest absolute Gasteiger partial charge is 0.462 e. The van der Waals surface area contributed by atoms with Crippen LogP contribution in [0, 0.1) is 5.82 Å². The summed E-state index contributed by atoms with van der Waals surface area (Å²) in [6.07, 6.45) is 5.32. The van der Waals surface area contributed by atoms with Crippen LogP contribution in [0.15, 0.2) is 36.7 Å². The molecule has 1 aliphatic heterocycles. The van der Waals surface area contributed by atoms with E-state index >= 15 is 0 Å². The van der Waals surface area contributed by atoms with E-state index in [9.17, 15) is 14.0 Å². The maximum absolute atomic E-state index is 13.9. The second-order valence-electron chi connectivity index (χ2n) is 5.57. The molecule has 6 nitrogen and oxygen atoms in total. The van der Waals surface area contributed by atoms with Crippen molar-refractivity contribution in [1.29, 1.82) is 0 Å². The molecule has 7 heteroatoms. The molecule has 0 unspecified atom stereocenters. The molecule has 1 fully saturated rings. The molecule has 0 radical (unpaired) electrons. The second kappa shape index (κ2) is 7.25. The van der Waals surface area contributed by atoms with Crippen molar-refractivity contribution in [2.24, 2.45) is 0 Å². The smallest absolute Gasteiger partial charge is 0.341 e. The highest BCUT2D eigenvalue weighted by molar-refractivity contribution is 5.97. The number of hydrogen-bond donors (Lipinski definition) is 0. The Morgan fingerprint density at radius 3 is 2.96 bits per heavy atom. The number of aromatic nitrogens is 2. The molecule has 1 aliphatic rings. The van der Waals surface area contributed by atoms with Crippen LogP contribution in [-0.4, -0.2) is 34.8 Å². The molecule has 0 saturated carbocycles. The molecular formula is C17H18FN3O3. The first kappa shape index (κ1) is 16.2. The van der Waals surface area contributed by atoms with Gasteiger partial charge in [0.05, 0.1) is 12.2 Å². The van der Waals surface area contributed by atoms with Crippen molar-refractivity contribution in [1.82, 2.24) is 9.78 Å². The molecule has 126 valence electrons. The summed E-state index contributed by atoms with van der Waals surface area (Å²) >= 11 is 0. The topological polar surface area (TPSA) is 64.4 Å². The number of hydrogen-bond acceptors (Lipinski definition) is 4. The van der Waals surface area contributed by atoms with Gasteiger partial charge >= 0.3 is 5.97 Å². The van der Waals surface area contributed by atoms with Crippen LogP contribution in [0.2, 0.25) is 0 Å². The van der Waals surface area contributed by atoms with E-state index < -0.39 is 11.8 Å². The first-order chi connectivity index (χ1) is 11.6. The summed E-state index contributed by atoms with van der Waals surface area (Å²) in [6, 6.07) is 5.90. The van der Waals surface area contributed by atoms with Crippen LogP contribution in [0.4, 0.5) is 10.1 Å². The third kappa shape index (κ3) is 3.61. The van der Waals surface area contributed by atoms with Crippen LogP contribution in [0.5, 0.6) is 0 Å². The highest BCUT2D eigenvalue weighted by Gasteiger charge is 2.24. The fourth-order valence-corrected chi connectivity index (χ4v) is 2.66. The summed E-state index contributed by atoms with van der Waals surface area (Å²) in [5.74, 6) is -1.39. The van der Waals surface area contributed by atoms with Crippen LogP contribution < -0.4 is 4.90 Å². The number of aryl methyl sites for hydroxylation is 1. The van der Waals surface area contributed by atoms with Gasteiger partial charge in [0.1, 0.15) is 5.82 Å². The Bertz CT molecular complexity index is 731. The Morgan fingerprint density at radius 2 is 2.25 bits per heavy atom. The van der Waals surface area contributed by atoms with E-state index in [-0.39, 0.29) is 18.1 Å². The summed E-state index contributed by atoms with van der Waals surface area (Å²) in [6.45, 7) is 1.37. The van der Waals surface area contributed by atoms with Crippen molar-refractivity contribution in [2.45, 2.75) is 25.8 Å². The highest BCUT2D eigenvalue weighted by Crippen LogP contribution is 2.24. The van der Waals surface area contributed by atoms with Gasteiger partial charge in [0.25, 0.3) is 0 Å². The number of nitrogens with zero attached hydrogens (tertiary/aromatic N) is 3. The van der Waals surface area contributed by atoms with Gasteiger partial charge in [0.15, 0.2) is 0 Å².